The quantitative estimate of drug-likeness (QED) is 0.905. The normalized spacial score (nSPS) is 24.9. The summed E-state index contributed by atoms with van der Waals surface area (Å²) < 4.78 is 0. The van der Waals surface area contributed by atoms with Crippen molar-refractivity contribution in [2.75, 3.05) is 13.1 Å². The van der Waals surface area contributed by atoms with Gasteiger partial charge in [-0.25, -0.2) is 0 Å². The van der Waals surface area contributed by atoms with Crippen LogP contribution in [-0.2, 0) is 6.42 Å². The Kier molecular flexibility index (Phi) is 4.64. The molecule has 2 N–H and O–H groups in total. The molecule has 19 heavy (non-hydrogen) atoms. The lowest BCUT2D eigenvalue weighted by Gasteiger charge is -2.38. The molecule has 2 unspecified atom stereocenters. The van der Waals surface area contributed by atoms with Crippen molar-refractivity contribution in [2.24, 2.45) is 11.7 Å². The van der Waals surface area contributed by atoms with Crippen molar-refractivity contribution >= 4 is 0 Å². The van der Waals surface area contributed by atoms with E-state index in [9.17, 15) is 0 Å². The van der Waals surface area contributed by atoms with Crippen LogP contribution < -0.4 is 5.73 Å². The summed E-state index contributed by atoms with van der Waals surface area (Å²) in [6, 6.07) is 7.81. The monoisotopic (exact) mass is 260 g/mol. The van der Waals surface area contributed by atoms with Gasteiger partial charge < -0.3 is 5.73 Å². The molecule has 1 aromatic carbocycles. The zero-order chi connectivity index (χ0) is 14.0. The maximum atomic E-state index is 6.22. The smallest absolute Gasteiger partial charge is 0.0171 e. The van der Waals surface area contributed by atoms with Crippen LogP contribution in [0.15, 0.2) is 18.2 Å². The Labute approximate surface area is 118 Å². The average Bonchev–Trinajstić information content (AvgIpc) is 2.33. The van der Waals surface area contributed by atoms with Gasteiger partial charge in [-0.3, -0.25) is 4.90 Å². The second-order valence-corrected chi connectivity index (χ2v) is 6.53. The number of nitrogens with zero attached hydrogens (tertiary/aromatic N) is 1. The standard InChI is InChI=1S/C17H28N2/c1-12(2)19-10-16(9-17(18)11-19)8-15-6-5-13(3)14(4)7-15/h5-7,12,16-17H,8-11,18H2,1-4H3. The highest BCUT2D eigenvalue weighted by Gasteiger charge is 2.26. The first kappa shape index (κ1) is 14.5. The molecular formula is C17H28N2. The van der Waals surface area contributed by atoms with Gasteiger partial charge in [0.2, 0.25) is 0 Å². The molecule has 2 rings (SSSR count). The number of benzene rings is 1. The third-order valence-electron chi connectivity index (χ3n) is 4.42. The molecule has 0 aliphatic carbocycles. The maximum Gasteiger partial charge on any atom is 0.0171 e. The molecule has 0 radical (unpaired) electrons. The molecule has 1 aliphatic rings. The highest BCUT2D eigenvalue weighted by atomic mass is 15.2. The van der Waals surface area contributed by atoms with Gasteiger partial charge in [0.25, 0.3) is 0 Å². The summed E-state index contributed by atoms with van der Waals surface area (Å²) in [5, 5.41) is 0. The molecule has 1 fully saturated rings. The Hall–Kier alpha value is -0.860. The number of nitrogens with two attached hydrogens (primary N) is 1. The Morgan fingerprint density at radius 3 is 2.58 bits per heavy atom. The summed E-state index contributed by atoms with van der Waals surface area (Å²) in [5.74, 6) is 0.702. The molecule has 0 bridgehead atoms. The van der Waals surface area contributed by atoms with Gasteiger partial charge in [0.1, 0.15) is 0 Å². The van der Waals surface area contributed by atoms with Crippen molar-refractivity contribution in [3.8, 4) is 0 Å². The summed E-state index contributed by atoms with van der Waals surface area (Å²) in [6.07, 6.45) is 2.33. The Balaban J connectivity index is 2.03. The second kappa shape index (κ2) is 6.06. The Morgan fingerprint density at radius 1 is 1.21 bits per heavy atom. The van der Waals surface area contributed by atoms with Gasteiger partial charge >= 0.3 is 0 Å². The number of piperidine rings is 1. The minimum atomic E-state index is 0.340. The maximum absolute atomic E-state index is 6.22. The van der Waals surface area contributed by atoms with Crippen LogP contribution in [-0.4, -0.2) is 30.1 Å². The van der Waals surface area contributed by atoms with Crippen molar-refractivity contribution < 1.29 is 0 Å². The molecule has 1 aliphatic heterocycles. The van der Waals surface area contributed by atoms with Crippen molar-refractivity contribution in [3.05, 3.63) is 34.9 Å². The summed E-state index contributed by atoms with van der Waals surface area (Å²) in [4.78, 5) is 2.53. The molecule has 0 saturated carbocycles. The van der Waals surface area contributed by atoms with Crippen LogP contribution in [0.25, 0.3) is 0 Å². The van der Waals surface area contributed by atoms with Crippen LogP contribution in [0, 0.1) is 19.8 Å². The van der Waals surface area contributed by atoms with E-state index in [0.29, 0.717) is 18.0 Å². The molecule has 106 valence electrons. The van der Waals surface area contributed by atoms with Gasteiger partial charge in [0.15, 0.2) is 0 Å². The highest BCUT2D eigenvalue weighted by molar-refractivity contribution is 5.30. The van der Waals surface area contributed by atoms with Crippen LogP contribution in [0.2, 0.25) is 0 Å². The van der Waals surface area contributed by atoms with Crippen molar-refractivity contribution in [1.29, 1.82) is 0 Å². The molecule has 1 saturated heterocycles. The van der Waals surface area contributed by atoms with Gasteiger partial charge in [-0.05, 0) is 63.1 Å². The zero-order valence-electron chi connectivity index (χ0n) is 12.8. The predicted octanol–water partition coefficient (Wildman–Crippen LogP) is 2.90. The largest absolute Gasteiger partial charge is 0.327 e. The Bertz CT molecular complexity index is 425. The third-order valence-corrected chi connectivity index (χ3v) is 4.42. The molecule has 1 aromatic rings. The van der Waals surface area contributed by atoms with E-state index >= 15 is 0 Å². The fourth-order valence-electron chi connectivity index (χ4n) is 3.12. The number of hydrogen-bond donors (Lipinski definition) is 1. The second-order valence-electron chi connectivity index (χ2n) is 6.53. The lowest BCUT2D eigenvalue weighted by molar-refractivity contribution is 0.124. The van der Waals surface area contributed by atoms with E-state index in [1.807, 2.05) is 0 Å². The van der Waals surface area contributed by atoms with E-state index in [-0.39, 0.29) is 0 Å². The van der Waals surface area contributed by atoms with Crippen LogP contribution in [0.1, 0.15) is 37.0 Å². The SMILES string of the molecule is Cc1ccc(CC2CC(N)CN(C(C)C)C2)cc1C. The van der Waals surface area contributed by atoms with Gasteiger partial charge in [-0.2, -0.15) is 0 Å². The zero-order valence-corrected chi connectivity index (χ0v) is 12.8. The summed E-state index contributed by atoms with van der Waals surface area (Å²) >= 11 is 0. The lowest BCUT2D eigenvalue weighted by atomic mass is 9.88. The van der Waals surface area contributed by atoms with Crippen LogP contribution in [0.3, 0.4) is 0 Å². The van der Waals surface area contributed by atoms with Crippen molar-refractivity contribution in [1.82, 2.24) is 4.90 Å². The minimum absolute atomic E-state index is 0.340. The topological polar surface area (TPSA) is 29.3 Å². The molecule has 0 amide bonds. The number of hydrogen-bond acceptors (Lipinski definition) is 2. The van der Waals surface area contributed by atoms with E-state index in [0.717, 1.165) is 19.4 Å². The minimum Gasteiger partial charge on any atom is -0.327 e. The molecule has 2 heteroatoms. The fraction of sp³-hybridized carbons (Fsp3) is 0.647. The molecule has 0 spiro atoms. The summed E-state index contributed by atoms with van der Waals surface area (Å²) in [5.41, 5.74) is 10.5. The van der Waals surface area contributed by atoms with Crippen LogP contribution in [0.4, 0.5) is 0 Å². The van der Waals surface area contributed by atoms with Gasteiger partial charge in [0.05, 0.1) is 0 Å². The van der Waals surface area contributed by atoms with E-state index in [4.69, 9.17) is 5.73 Å². The molecule has 1 heterocycles. The molecular weight excluding hydrogens is 232 g/mol. The average molecular weight is 260 g/mol. The van der Waals surface area contributed by atoms with E-state index in [2.05, 4.69) is 50.8 Å². The Morgan fingerprint density at radius 2 is 1.95 bits per heavy atom. The number of aryl methyl sites for hydroxylation is 2. The first-order valence-electron chi connectivity index (χ1n) is 7.51. The third kappa shape index (κ3) is 3.80. The van der Waals surface area contributed by atoms with Crippen molar-refractivity contribution in [2.45, 2.75) is 52.6 Å². The van der Waals surface area contributed by atoms with E-state index < -0.39 is 0 Å². The van der Waals surface area contributed by atoms with Gasteiger partial charge in [0, 0.05) is 25.2 Å². The van der Waals surface area contributed by atoms with Crippen molar-refractivity contribution in [3.63, 3.8) is 0 Å². The molecule has 2 atom stereocenters. The highest BCUT2D eigenvalue weighted by Crippen LogP contribution is 2.22. The van der Waals surface area contributed by atoms with Crippen LogP contribution >= 0.6 is 0 Å². The van der Waals surface area contributed by atoms with Gasteiger partial charge in [-0.15, -0.1) is 0 Å². The van der Waals surface area contributed by atoms with Gasteiger partial charge in [-0.1, -0.05) is 18.2 Å². The molecule has 0 aromatic heterocycles. The number of rotatable bonds is 3. The summed E-state index contributed by atoms with van der Waals surface area (Å²) in [6.45, 7) is 11.2. The fourth-order valence-corrected chi connectivity index (χ4v) is 3.12. The predicted molar refractivity (Wildman–Crippen MR) is 82.4 cm³/mol. The van der Waals surface area contributed by atoms with E-state index in [1.54, 1.807) is 0 Å². The number of likely N-dealkylation sites (tertiary alicyclic amines) is 1. The lowest BCUT2D eigenvalue weighted by Crippen LogP contribution is -2.50. The van der Waals surface area contributed by atoms with E-state index in [1.165, 1.54) is 23.2 Å². The first-order chi connectivity index (χ1) is 8.95. The van der Waals surface area contributed by atoms with Crippen LogP contribution in [0.5, 0.6) is 0 Å². The molecule has 2 nitrogen and oxygen atoms in total. The first-order valence-corrected chi connectivity index (χ1v) is 7.51. The summed E-state index contributed by atoms with van der Waals surface area (Å²) in [7, 11) is 0.